The lowest BCUT2D eigenvalue weighted by molar-refractivity contribution is 0.0697. The maximum absolute atomic E-state index is 11.3. The van der Waals surface area contributed by atoms with Gasteiger partial charge in [-0.2, -0.15) is 0 Å². The number of carboxylic acids is 1. The van der Waals surface area contributed by atoms with E-state index in [1.165, 1.54) is 5.56 Å². The van der Waals surface area contributed by atoms with Crippen molar-refractivity contribution in [3.63, 3.8) is 0 Å². The Morgan fingerprint density at radius 1 is 1.05 bits per heavy atom. The highest BCUT2D eigenvalue weighted by Crippen LogP contribution is 2.32. The Hall–Kier alpha value is -2.29. The first-order valence-corrected chi connectivity index (χ1v) is 6.88. The van der Waals surface area contributed by atoms with Crippen molar-refractivity contribution in [1.29, 1.82) is 0 Å². The number of aromatic carboxylic acids is 1. The Kier molecular flexibility index (Phi) is 3.42. The maximum atomic E-state index is 11.3. The van der Waals surface area contributed by atoms with E-state index in [9.17, 15) is 9.90 Å². The van der Waals surface area contributed by atoms with Crippen molar-refractivity contribution in [1.82, 2.24) is 0 Å². The first-order chi connectivity index (χ1) is 9.75. The van der Waals surface area contributed by atoms with Crippen molar-refractivity contribution in [3.8, 4) is 0 Å². The summed E-state index contributed by atoms with van der Waals surface area (Å²) in [5, 5.41) is 9.28. The molecular formula is C17H17NO2. The van der Waals surface area contributed by atoms with Crippen LogP contribution in [0.5, 0.6) is 0 Å². The Balaban J connectivity index is 1.83. The molecule has 1 fully saturated rings. The third-order valence-corrected chi connectivity index (χ3v) is 3.93. The second kappa shape index (κ2) is 5.37. The van der Waals surface area contributed by atoms with Gasteiger partial charge < -0.3 is 10.0 Å². The standard InChI is InChI=1S/C17H17NO2/c19-17(20)15-8-4-5-9-16(15)18-11-10-14(12-18)13-6-2-1-3-7-13/h1-9,14H,10-12H2,(H,19,20). The van der Waals surface area contributed by atoms with E-state index in [4.69, 9.17) is 0 Å². The number of carbonyl (C=O) groups is 1. The van der Waals surface area contributed by atoms with Crippen LogP contribution in [-0.4, -0.2) is 24.2 Å². The molecule has 1 unspecified atom stereocenters. The Bertz CT molecular complexity index is 609. The second-order valence-corrected chi connectivity index (χ2v) is 5.16. The molecule has 1 aliphatic rings. The highest BCUT2D eigenvalue weighted by molar-refractivity contribution is 5.94. The van der Waals surface area contributed by atoms with Gasteiger partial charge >= 0.3 is 5.97 Å². The predicted octanol–water partition coefficient (Wildman–Crippen LogP) is 3.38. The Morgan fingerprint density at radius 3 is 2.50 bits per heavy atom. The van der Waals surface area contributed by atoms with Crippen molar-refractivity contribution in [3.05, 3.63) is 65.7 Å². The van der Waals surface area contributed by atoms with Gasteiger partial charge in [0.1, 0.15) is 0 Å². The number of anilines is 1. The minimum Gasteiger partial charge on any atom is -0.478 e. The fraction of sp³-hybridized carbons (Fsp3) is 0.235. The van der Waals surface area contributed by atoms with Gasteiger partial charge in [0.2, 0.25) is 0 Å². The van der Waals surface area contributed by atoms with Crippen LogP contribution >= 0.6 is 0 Å². The van der Waals surface area contributed by atoms with E-state index < -0.39 is 5.97 Å². The zero-order valence-electron chi connectivity index (χ0n) is 11.2. The van der Waals surface area contributed by atoms with Gasteiger partial charge in [0.05, 0.1) is 11.3 Å². The van der Waals surface area contributed by atoms with E-state index in [1.807, 2.05) is 18.2 Å². The molecule has 0 radical (unpaired) electrons. The fourth-order valence-electron chi connectivity index (χ4n) is 2.91. The summed E-state index contributed by atoms with van der Waals surface area (Å²) in [6, 6.07) is 17.7. The molecule has 3 nitrogen and oxygen atoms in total. The molecule has 2 aromatic carbocycles. The van der Waals surface area contributed by atoms with Gasteiger partial charge in [0.15, 0.2) is 0 Å². The highest BCUT2D eigenvalue weighted by atomic mass is 16.4. The van der Waals surface area contributed by atoms with Gasteiger partial charge in [0.25, 0.3) is 0 Å². The normalized spacial score (nSPS) is 18.2. The smallest absolute Gasteiger partial charge is 0.337 e. The summed E-state index contributed by atoms with van der Waals surface area (Å²) in [7, 11) is 0. The largest absolute Gasteiger partial charge is 0.478 e. The zero-order valence-corrected chi connectivity index (χ0v) is 11.2. The zero-order chi connectivity index (χ0) is 13.9. The number of nitrogens with zero attached hydrogens (tertiary/aromatic N) is 1. The molecule has 1 atom stereocenters. The number of rotatable bonds is 3. The average Bonchev–Trinajstić information content (AvgIpc) is 2.98. The first-order valence-electron chi connectivity index (χ1n) is 6.88. The van der Waals surface area contributed by atoms with Crippen LogP contribution in [0.3, 0.4) is 0 Å². The third kappa shape index (κ3) is 2.39. The summed E-state index contributed by atoms with van der Waals surface area (Å²) < 4.78 is 0. The van der Waals surface area contributed by atoms with Gasteiger partial charge in [-0.3, -0.25) is 0 Å². The van der Waals surface area contributed by atoms with E-state index in [0.29, 0.717) is 11.5 Å². The van der Waals surface area contributed by atoms with Crippen LogP contribution in [0.4, 0.5) is 5.69 Å². The van der Waals surface area contributed by atoms with Crippen LogP contribution in [0.2, 0.25) is 0 Å². The summed E-state index contributed by atoms with van der Waals surface area (Å²) in [6.45, 7) is 1.79. The summed E-state index contributed by atoms with van der Waals surface area (Å²) >= 11 is 0. The molecule has 3 rings (SSSR count). The van der Waals surface area contributed by atoms with E-state index in [-0.39, 0.29) is 0 Å². The van der Waals surface area contributed by atoms with Crippen molar-refractivity contribution in [2.45, 2.75) is 12.3 Å². The first kappa shape index (κ1) is 12.7. The van der Waals surface area contributed by atoms with E-state index in [1.54, 1.807) is 12.1 Å². The van der Waals surface area contributed by atoms with Gasteiger partial charge in [0, 0.05) is 19.0 Å². The van der Waals surface area contributed by atoms with Crippen molar-refractivity contribution >= 4 is 11.7 Å². The molecule has 20 heavy (non-hydrogen) atoms. The maximum Gasteiger partial charge on any atom is 0.337 e. The lowest BCUT2D eigenvalue weighted by Gasteiger charge is -2.20. The minimum atomic E-state index is -0.858. The molecule has 102 valence electrons. The summed E-state index contributed by atoms with van der Waals surface area (Å²) in [5.74, 6) is -0.373. The number of benzene rings is 2. The Morgan fingerprint density at radius 2 is 1.75 bits per heavy atom. The van der Waals surface area contributed by atoms with E-state index >= 15 is 0 Å². The molecule has 0 spiro atoms. The second-order valence-electron chi connectivity index (χ2n) is 5.16. The lowest BCUT2D eigenvalue weighted by atomic mass is 9.99. The molecule has 0 aromatic heterocycles. The van der Waals surface area contributed by atoms with Gasteiger partial charge in [-0.05, 0) is 24.1 Å². The molecule has 0 bridgehead atoms. The van der Waals surface area contributed by atoms with E-state index in [2.05, 4.69) is 29.2 Å². The summed E-state index contributed by atoms with van der Waals surface area (Å²) in [5.41, 5.74) is 2.56. The molecule has 0 amide bonds. The van der Waals surface area contributed by atoms with Gasteiger partial charge in [-0.25, -0.2) is 4.79 Å². The molecule has 0 saturated carbocycles. The van der Waals surface area contributed by atoms with Gasteiger partial charge in [-0.15, -0.1) is 0 Å². The molecular weight excluding hydrogens is 250 g/mol. The molecule has 2 aromatic rings. The molecule has 1 aliphatic heterocycles. The molecule has 1 N–H and O–H groups in total. The van der Waals surface area contributed by atoms with Crippen LogP contribution in [0.25, 0.3) is 0 Å². The van der Waals surface area contributed by atoms with Crippen LogP contribution < -0.4 is 4.90 Å². The molecule has 0 aliphatic carbocycles. The Labute approximate surface area is 118 Å². The molecule has 3 heteroatoms. The minimum absolute atomic E-state index is 0.390. The number of para-hydroxylation sites is 1. The predicted molar refractivity (Wildman–Crippen MR) is 79.4 cm³/mol. The summed E-state index contributed by atoms with van der Waals surface area (Å²) in [6.07, 6.45) is 1.07. The van der Waals surface area contributed by atoms with Crippen molar-refractivity contribution < 1.29 is 9.90 Å². The van der Waals surface area contributed by atoms with Crippen molar-refractivity contribution in [2.75, 3.05) is 18.0 Å². The monoisotopic (exact) mass is 267 g/mol. The number of hydrogen-bond donors (Lipinski definition) is 1. The number of hydrogen-bond acceptors (Lipinski definition) is 2. The molecule has 1 saturated heterocycles. The summed E-state index contributed by atoms with van der Waals surface area (Å²) in [4.78, 5) is 13.5. The lowest BCUT2D eigenvalue weighted by Crippen LogP contribution is -2.21. The van der Waals surface area contributed by atoms with Crippen LogP contribution in [-0.2, 0) is 0 Å². The van der Waals surface area contributed by atoms with E-state index in [0.717, 1.165) is 25.2 Å². The van der Waals surface area contributed by atoms with Crippen LogP contribution in [0.15, 0.2) is 54.6 Å². The average molecular weight is 267 g/mol. The fourth-order valence-corrected chi connectivity index (χ4v) is 2.91. The third-order valence-electron chi connectivity index (χ3n) is 3.93. The van der Waals surface area contributed by atoms with Gasteiger partial charge in [-0.1, -0.05) is 42.5 Å². The molecule has 1 heterocycles. The topological polar surface area (TPSA) is 40.5 Å². The SMILES string of the molecule is O=C(O)c1ccccc1N1CCC(c2ccccc2)C1. The van der Waals surface area contributed by atoms with Crippen LogP contribution in [0, 0.1) is 0 Å². The highest BCUT2D eigenvalue weighted by Gasteiger charge is 2.26. The quantitative estimate of drug-likeness (QED) is 0.926. The van der Waals surface area contributed by atoms with Crippen LogP contribution in [0.1, 0.15) is 28.3 Å². The van der Waals surface area contributed by atoms with Crippen molar-refractivity contribution in [2.24, 2.45) is 0 Å². The number of carboxylic acid groups (broad SMARTS) is 1.